The summed E-state index contributed by atoms with van der Waals surface area (Å²) in [7, 11) is 1.69. The number of hydrogen-bond acceptors (Lipinski definition) is 4. The van der Waals surface area contributed by atoms with Gasteiger partial charge in [-0.1, -0.05) is 18.2 Å². The maximum Gasteiger partial charge on any atom is 0.258 e. The zero-order valence-electron chi connectivity index (χ0n) is 15.7. The first-order valence-electron chi connectivity index (χ1n) is 9.38. The van der Waals surface area contributed by atoms with Crippen LogP contribution in [0.2, 0.25) is 0 Å². The molecule has 6 heteroatoms. The highest BCUT2D eigenvalue weighted by Gasteiger charge is 2.27. The maximum atomic E-state index is 12.4. The van der Waals surface area contributed by atoms with Crippen LogP contribution in [0.1, 0.15) is 18.8 Å². The minimum Gasteiger partial charge on any atom is -0.497 e. The number of aromatic nitrogens is 2. The number of para-hydroxylation sites is 1. The summed E-state index contributed by atoms with van der Waals surface area (Å²) in [6.07, 6.45) is 0. The van der Waals surface area contributed by atoms with Crippen LogP contribution in [0, 0.1) is 0 Å². The maximum absolute atomic E-state index is 12.4. The standard InChI is InChI=1S/C21H24N4O2/c1-15(20-22-19-9-4-3-8-18(19)21(26)23-20)24-10-12-25(13-11-24)16-6-5-7-17(14-16)27-2/h3-9,14-15H,10-13H2,1-2H3,(H,22,23,26)/p+1/t15-/m1/s1. The fraction of sp³-hybridized carbons (Fsp3) is 0.333. The molecule has 0 aliphatic carbocycles. The largest absolute Gasteiger partial charge is 0.497 e. The smallest absolute Gasteiger partial charge is 0.258 e. The normalized spacial score (nSPS) is 16.4. The van der Waals surface area contributed by atoms with Crippen molar-refractivity contribution in [2.75, 3.05) is 38.2 Å². The molecule has 0 radical (unpaired) electrons. The van der Waals surface area contributed by atoms with Crippen molar-refractivity contribution in [3.05, 3.63) is 64.7 Å². The Morgan fingerprint density at radius 2 is 1.93 bits per heavy atom. The van der Waals surface area contributed by atoms with Gasteiger partial charge in [-0.2, -0.15) is 0 Å². The number of H-pyrrole nitrogens is 1. The van der Waals surface area contributed by atoms with Crippen LogP contribution in [-0.4, -0.2) is 43.3 Å². The van der Waals surface area contributed by atoms with Crippen LogP contribution in [0.4, 0.5) is 5.69 Å². The van der Waals surface area contributed by atoms with Crippen LogP contribution < -0.4 is 20.1 Å². The second-order valence-corrected chi connectivity index (χ2v) is 7.04. The minimum atomic E-state index is -0.0585. The van der Waals surface area contributed by atoms with Gasteiger partial charge < -0.3 is 19.5 Å². The molecular weight excluding hydrogens is 340 g/mol. The SMILES string of the molecule is COc1cccc(N2CC[NH+]([C@H](C)c3nc4ccccc4c(=O)[nH]3)CC2)c1. The molecule has 0 bridgehead atoms. The minimum absolute atomic E-state index is 0.0585. The van der Waals surface area contributed by atoms with E-state index in [0.717, 1.165) is 43.3 Å². The topological polar surface area (TPSA) is 62.7 Å². The van der Waals surface area contributed by atoms with Crippen molar-refractivity contribution >= 4 is 16.6 Å². The third-order valence-corrected chi connectivity index (χ3v) is 5.48. The number of fused-ring (bicyclic) bond motifs is 1. The highest BCUT2D eigenvalue weighted by molar-refractivity contribution is 5.77. The first-order chi connectivity index (χ1) is 13.2. The van der Waals surface area contributed by atoms with E-state index in [1.807, 2.05) is 36.4 Å². The van der Waals surface area contributed by atoms with Crippen LogP contribution in [0.5, 0.6) is 5.75 Å². The average molecular weight is 365 g/mol. The number of anilines is 1. The number of rotatable bonds is 4. The van der Waals surface area contributed by atoms with Gasteiger partial charge in [0.25, 0.3) is 5.56 Å². The number of quaternary nitrogens is 1. The van der Waals surface area contributed by atoms with Crippen molar-refractivity contribution in [3.8, 4) is 5.75 Å². The predicted molar refractivity (Wildman–Crippen MR) is 107 cm³/mol. The zero-order valence-corrected chi connectivity index (χ0v) is 15.7. The average Bonchev–Trinajstić information content (AvgIpc) is 2.73. The van der Waals surface area contributed by atoms with Gasteiger partial charge in [-0.25, -0.2) is 4.98 Å². The molecule has 2 N–H and O–H groups in total. The second-order valence-electron chi connectivity index (χ2n) is 7.04. The molecule has 2 aromatic carbocycles. The molecule has 140 valence electrons. The molecule has 0 amide bonds. The van der Waals surface area contributed by atoms with Crippen LogP contribution >= 0.6 is 0 Å². The van der Waals surface area contributed by atoms with Crippen LogP contribution in [0.25, 0.3) is 10.9 Å². The van der Waals surface area contributed by atoms with Gasteiger partial charge in [0.05, 0.1) is 44.2 Å². The number of nitrogens with zero attached hydrogens (tertiary/aromatic N) is 2. The summed E-state index contributed by atoms with van der Waals surface area (Å²) in [5.74, 6) is 1.65. The van der Waals surface area contributed by atoms with Gasteiger partial charge in [-0.3, -0.25) is 4.79 Å². The molecule has 0 unspecified atom stereocenters. The summed E-state index contributed by atoms with van der Waals surface area (Å²) in [4.78, 5) is 23.9. The molecule has 1 aromatic heterocycles. The lowest BCUT2D eigenvalue weighted by Gasteiger charge is -2.36. The molecule has 1 atom stereocenters. The first-order valence-corrected chi connectivity index (χ1v) is 9.38. The lowest BCUT2D eigenvalue weighted by molar-refractivity contribution is -0.930. The Balaban J connectivity index is 1.48. The molecule has 27 heavy (non-hydrogen) atoms. The molecule has 4 rings (SSSR count). The van der Waals surface area contributed by atoms with Crippen LogP contribution in [0.15, 0.2) is 53.3 Å². The molecule has 1 saturated heterocycles. The predicted octanol–water partition coefficient (Wildman–Crippen LogP) is 1.40. The Morgan fingerprint density at radius 1 is 1.15 bits per heavy atom. The van der Waals surface area contributed by atoms with E-state index in [9.17, 15) is 4.79 Å². The Kier molecular flexibility index (Phi) is 4.81. The van der Waals surface area contributed by atoms with Crippen LogP contribution in [-0.2, 0) is 0 Å². The van der Waals surface area contributed by atoms with Crippen molar-refractivity contribution in [2.24, 2.45) is 0 Å². The molecule has 1 aliphatic heterocycles. The monoisotopic (exact) mass is 365 g/mol. The van der Waals surface area contributed by atoms with Gasteiger partial charge in [-0.05, 0) is 31.2 Å². The Hall–Kier alpha value is -2.86. The quantitative estimate of drug-likeness (QED) is 0.734. The number of benzene rings is 2. The summed E-state index contributed by atoms with van der Waals surface area (Å²) in [5.41, 5.74) is 1.90. The molecule has 0 saturated carbocycles. The summed E-state index contributed by atoms with van der Waals surface area (Å²) >= 11 is 0. The second kappa shape index (κ2) is 7.40. The summed E-state index contributed by atoms with van der Waals surface area (Å²) in [6.45, 7) is 6.06. The lowest BCUT2D eigenvalue weighted by atomic mass is 10.1. The number of aromatic amines is 1. The molecule has 2 heterocycles. The summed E-state index contributed by atoms with van der Waals surface area (Å²) in [5, 5.41) is 0.645. The molecular formula is C21H25N4O2+. The number of nitrogens with one attached hydrogen (secondary N) is 2. The Bertz CT molecular complexity index is 993. The molecule has 1 aliphatic rings. The van der Waals surface area contributed by atoms with E-state index < -0.39 is 0 Å². The van der Waals surface area contributed by atoms with Crippen molar-refractivity contribution in [1.82, 2.24) is 9.97 Å². The number of piperazine rings is 1. The van der Waals surface area contributed by atoms with Gasteiger partial charge in [0.15, 0.2) is 5.82 Å². The summed E-state index contributed by atoms with van der Waals surface area (Å²) in [6, 6.07) is 15.8. The highest BCUT2D eigenvalue weighted by Crippen LogP contribution is 2.21. The summed E-state index contributed by atoms with van der Waals surface area (Å²) < 4.78 is 5.34. The van der Waals surface area contributed by atoms with Gasteiger partial charge in [0, 0.05) is 11.8 Å². The van der Waals surface area contributed by atoms with Gasteiger partial charge in [0.2, 0.25) is 0 Å². The molecule has 3 aromatic rings. The van der Waals surface area contributed by atoms with E-state index in [4.69, 9.17) is 9.72 Å². The molecule has 1 fully saturated rings. The molecule has 6 nitrogen and oxygen atoms in total. The third kappa shape index (κ3) is 3.53. The number of methoxy groups -OCH3 is 1. The highest BCUT2D eigenvalue weighted by atomic mass is 16.5. The van der Waals surface area contributed by atoms with E-state index >= 15 is 0 Å². The van der Waals surface area contributed by atoms with Gasteiger partial charge >= 0.3 is 0 Å². The van der Waals surface area contributed by atoms with Gasteiger partial charge in [0.1, 0.15) is 11.8 Å². The lowest BCUT2D eigenvalue weighted by Crippen LogP contribution is -3.14. The fourth-order valence-electron chi connectivity index (χ4n) is 3.80. The van der Waals surface area contributed by atoms with E-state index in [2.05, 4.69) is 28.9 Å². The Morgan fingerprint density at radius 3 is 2.70 bits per heavy atom. The Labute approximate surface area is 158 Å². The third-order valence-electron chi connectivity index (χ3n) is 5.48. The van der Waals surface area contributed by atoms with E-state index in [1.165, 1.54) is 10.6 Å². The number of ether oxygens (including phenoxy) is 1. The van der Waals surface area contributed by atoms with Crippen molar-refractivity contribution in [3.63, 3.8) is 0 Å². The first kappa shape index (κ1) is 17.5. The van der Waals surface area contributed by atoms with E-state index in [-0.39, 0.29) is 11.6 Å². The fourth-order valence-corrected chi connectivity index (χ4v) is 3.80. The number of hydrogen-bond donors (Lipinski definition) is 2. The van der Waals surface area contributed by atoms with Gasteiger partial charge in [-0.15, -0.1) is 0 Å². The van der Waals surface area contributed by atoms with Crippen molar-refractivity contribution < 1.29 is 9.64 Å². The van der Waals surface area contributed by atoms with Crippen LogP contribution in [0.3, 0.4) is 0 Å². The van der Waals surface area contributed by atoms with Crippen molar-refractivity contribution in [1.29, 1.82) is 0 Å². The van der Waals surface area contributed by atoms with Crippen molar-refractivity contribution in [2.45, 2.75) is 13.0 Å². The molecule has 0 spiro atoms. The van der Waals surface area contributed by atoms with E-state index in [1.54, 1.807) is 7.11 Å². The zero-order chi connectivity index (χ0) is 18.8. The van der Waals surface area contributed by atoms with E-state index in [0.29, 0.717) is 5.39 Å².